The van der Waals surface area contributed by atoms with Crippen molar-refractivity contribution in [2.45, 2.75) is 13.0 Å². The Morgan fingerprint density at radius 2 is 2.36 bits per heavy atom. The van der Waals surface area contributed by atoms with E-state index in [0.29, 0.717) is 5.75 Å². The van der Waals surface area contributed by atoms with Gasteiger partial charge in [-0.05, 0) is 19.1 Å². The standard InChI is InChI=1S/C11H11FO2/c1-3-6-14-9-4-5-10(8(2)13)11(12)7-9/h1,4-5,7-8,13H,6H2,2H3/t8-/m1/s1. The molecule has 1 atom stereocenters. The van der Waals surface area contributed by atoms with Gasteiger partial charge in [0.2, 0.25) is 0 Å². The largest absolute Gasteiger partial charge is 0.481 e. The highest BCUT2D eigenvalue weighted by atomic mass is 19.1. The average Bonchev–Trinajstić information content (AvgIpc) is 2.14. The van der Waals surface area contributed by atoms with E-state index in [1.165, 1.54) is 19.1 Å². The SMILES string of the molecule is C#CCOc1ccc([C@@H](C)O)c(F)c1. The summed E-state index contributed by atoms with van der Waals surface area (Å²) in [5.41, 5.74) is 0.248. The molecule has 0 aliphatic rings. The van der Waals surface area contributed by atoms with Gasteiger partial charge in [0.25, 0.3) is 0 Å². The summed E-state index contributed by atoms with van der Waals surface area (Å²) >= 11 is 0. The topological polar surface area (TPSA) is 29.5 Å². The summed E-state index contributed by atoms with van der Waals surface area (Å²) in [6.45, 7) is 1.61. The maximum absolute atomic E-state index is 13.2. The van der Waals surface area contributed by atoms with Crippen LogP contribution >= 0.6 is 0 Å². The van der Waals surface area contributed by atoms with Gasteiger partial charge in [0.15, 0.2) is 0 Å². The van der Waals surface area contributed by atoms with Crippen molar-refractivity contribution in [3.05, 3.63) is 29.6 Å². The third-order valence-corrected chi connectivity index (χ3v) is 1.74. The van der Waals surface area contributed by atoms with Crippen molar-refractivity contribution >= 4 is 0 Å². The summed E-state index contributed by atoms with van der Waals surface area (Å²) in [5.74, 6) is 2.15. The molecule has 0 aliphatic heterocycles. The molecule has 0 radical (unpaired) electrons. The van der Waals surface area contributed by atoms with Crippen LogP contribution in [-0.2, 0) is 0 Å². The number of ether oxygens (including phenoxy) is 1. The van der Waals surface area contributed by atoms with Crippen LogP contribution in [0.3, 0.4) is 0 Å². The molecule has 2 nitrogen and oxygen atoms in total. The zero-order chi connectivity index (χ0) is 10.6. The fourth-order valence-corrected chi connectivity index (χ4v) is 1.06. The summed E-state index contributed by atoms with van der Waals surface area (Å²) in [6.07, 6.45) is 4.16. The van der Waals surface area contributed by atoms with Crippen LogP contribution in [0.5, 0.6) is 5.75 Å². The molecule has 1 aromatic carbocycles. The Labute approximate surface area is 82.3 Å². The number of halogens is 1. The fraction of sp³-hybridized carbons (Fsp3) is 0.273. The van der Waals surface area contributed by atoms with Crippen LogP contribution < -0.4 is 4.74 Å². The number of hydrogen-bond donors (Lipinski definition) is 1. The summed E-state index contributed by atoms with van der Waals surface area (Å²) in [7, 11) is 0. The third kappa shape index (κ3) is 2.48. The molecule has 0 spiro atoms. The first kappa shape index (κ1) is 10.6. The van der Waals surface area contributed by atoms with E-state index in [1.54, 1.807) is 6.07 Å². The lowest BCUT2D eigenvalue weighted by Gasteiger charge is -2.08. The molecule has 0 aromatic heterocycles. The van der Waals surface area contributed by atoms with Gasteiger partial charge in [-0.15, -0.1) is 6.42 Å². The molecule has 1 rings (SSSR count). The molecule has 0 aliphatic carbocycles. The lowest BCUT2D eigenvalue weighted by atomic mass is 10.1. The molecule has 0 heterocycles. The van der Waals surface area contributed by atoms with E-state index in [-0.39, 0.29) is 12.2 Å². The van der Waals surface area contributed by atoms with Gasteiger partial charge in [-0.3, -0.25) is 0 Å². The van der Waals surface area contributed by atoms with E-state index in [9.17, 15) is 4.39 Å². The quantitative estimate of drug-likeness (QED) is 0.744. The van der Waals surface area contributed by atoms with Crippen molar-refractivity contribution in [3.8, 4) is 18.1 Å². The van der Waals surface area contributed by atoms with Crippen molar-refractivity contribution in [1.29, 1.82) is 0 Å². The fourth-order valence-electron chi connectivity index (χ4n) is 1.06. The van der Waals surface area contributed by atoms with E-state index in [2.05, 4.69) is 5.92 Å². The van der Waals surface area contributed by atoms with Gasteiger partial charge in [0, 0.05) is 11.6 Å². The molecule has 0 bridgehead atoms. The summed E-state index contributed by atoms with van der Waals surface area (Å²) in [6, 6.07) is 4.26. The summed E-state index contributed by atoms with van der Waals surface area (Å²) in [5, 5.41) is 9.16. The van der Waals surface area contributed by atoms with Crippen molar-refractivity contribution in [1.82, 2.24) is 0 Å². The second-order valence-electron chi connectivity index (χ2n) is 2.85. The van der Waals surface area contributed by atoms with Crippen LogP contribution in [0.2, 0.25) is 0 Å². The zero-order valence-corrected chi connectivity index (χ0v) is 7.83. The zero-order valence-electron chi connectivity index (χ0n) is 7.83. The molecule has 0 fully saturated rings. The molecular formula is C11H11FO2. The van der Waals surface area contributed by atoms with Gasteiger partial charge in [-0.25, -0.2) is 4.39 Å². The van der Waals surface area contributed by atoms with Crippen LogP contribution in [0.25, 0.3) is 0 Å². The molecule has 0 amide bonds. The number of benzene rings is 1. The molecule has 3 heteroatoms. The Morgan fingerprint density at radius 1 is 1.64 bits per heavy atom. The minimum Gasteiger partial charge on any atom is -0.481 e. The normalized spacial score (nSPS) is 11.9. The highest BCUT2D eigenvalue weighted by molar-refractivity contribution is 5.30. The number of aliphatic hydroxyl groups is 1. The minimum atomic E-state index is -0.823. The van der Waals surface area contributed by atoms with Crippen molar-refractivity contribution in [2.24, 2.45) is 0 Å². The lowest BCUT2D eigenvalue weighted by Crippen LogP contribution is -1.98. The van der Waals surface area contributed by atoms with E-state index >= 15 is 0 Å². The number of terminal acetylenes is 1. The third-order valence-electron chi connectivity index (χ3n) is 1.74. The molecule has 1 aromatic rings. The number of rotatable bonds is 3. The van der Waals surface area contributed by atoms with E-state index in [0.717, 1.165) is 0 Å². The van der Waals surface area contributed by atoms with Crippen molar-refractivity contribution in [3.63, 3.8) is 0 Å². The highest BCUT2D eigenvalue weighted by Crippen LogP contribution is 2.21. The Bertz CT molecular complexity index is 353. The van der Waals surface area contributed by atoms with E-state index < -0.39 is 11.9 Å². The Balaban J connectivity index is 2.85. The minimum absolute atomic E-state index is 0.105. The average molecular weight is 194 g/mol. The van der Waals surface area contributed by atoms with Gasteiger partial charge in [0.05, 0.1) is 6.10 Å². The summed E-state index contributed by atoms with van der Waals surface area (Å²) in [4.78, 5) is 0. The van der Waals surface area contributed by atoms with E-state index in [4.69, 9.17) is 16.3 Å². The monoisotopic (exact) mass is 194 g/mol. The van der Waals surface area contributed by atoms with E-state index in [1.807, 2.05) is 0 Å². The Hall–Kier alpha value is -1.53. The van der Waals surface area contributed by atoms with Crippen LogP contribution in [0.15, 0.2) is 18.2 Å². The maximum atomic E-state index is 13.2. The molecule has 74 valence electrons. The lowest BCUT2D eigenvalue weighted by molar-refractivity contribution is 0.194. The first-order chi connectivity index (χ1) is 6.65. The molecule has 14 heavy (non-hydrogen) atoms. The second kappa shape index (κ2) is 4.64. The van der Waals surface area contributed by atoms with Gasteiger partial charge < -0.3 is 9.84 Å². The van der Waals surface area contributed by atoms with Crippen LogP contribution in [0.4, 0.5) is 4.39 Å². The number of aliphatic hydroxyl groups excluding tert-OH is 1. The van der Waals surface area contributed by atoms with Gasteiger partial charge in [0.1, 0.15) is 18.2 Å². The highest BCUT2D eigenvalue weighted by Gasteiger charge is 2.08. The molecule has 1 N–H and O–H groups in total. The molecule has 0 unspecified atom stereocenters. The van der Waals surface area contributed by atoms with Crippen LogP contribution in [0, 0.1) is 18.2 Å². The predicted molar refractivity (Wildman–Crippen MR) is 51.4 cm³/mol. The Morgan fingerprint density at radius 3 is 2.86 bits per heavy atom. The van der Waals surface area contributed by atoms with Gasteiger partial charge in [-0.2, -0.15) is 0 Å². The predicted octanol–water partition coefficient (Wildman–Crippen LogP) is 1.89. The van der Waals surface area contributed by atoms with Crippen molar-refractivity contribution in [2.75, 3.05) is 6.61 Å². The molecular weight excluding hydrogens is 183 g/mol. The molecule has 0 saturated carbocycles. The number of hydrogen-bond acceptors (Lipinski definition) is 2. The Kier molecular flexibility index (Phi) is 3.49. The summed E-state index contributed by atoms with van der Waals surface area (Å²) < 4.78 is 18.2. The molecule has 0 saturated heterocycles. The van der Waals surface area contributed by atoms with Gasteiger partial charge >= 0.3 is 0 Å². The second-order valence-corrected chi connectivity index (χ2v) is 2.85. The first-order valence-electron chi connectivity index (χ1n) is 4.19. The maximum Gasteiger partial charge on any atom is 0.148 e. The first-order valence-corrected chi connectivity index (χ1v) is 4.19. The smallest absolute Gasteiger partial charge is 0.148 e. The van der Waals surface area contributed by atoms with Crippen molar-refractivity contribution < 1.29 is 14.2 Å². The van der Waals surface area contributed by atoms with Gasteiger partial charge in [-0.1, -0.05) is 5.92 Å². The van der Waals surface area contributed by atoms with Crippen LogP contribution in [-0.4, -0.2) is 11.7 Å². The van der Waals surface area contributed by atoms with Crippen LogP contribution in [0.1, 0.15) is 18.6 Å².